The Bertz CT molecular complexity index is 902. The molecule has 2 aromatic heterocycles. The fourth-order valence-electron chi connectivity index (χ4n) is 2.25. The van der Waals surface area contributed by atoms with E-state index < -0.39 is 0 Å². The van der Waals surface area contributed by atoms with E-state index in [-0.39, 0.29) is 11.8 Å². The molecular weight excluding hydrogens is 360 g/mol. The minimum atomic E-state index is -0.348. The Morgan fingerprint density at radius 1 is 1.04 bits per heavy atom. The first-order chi connectivity index (χ1) is 12.1. The van der Waals surface area contributed by atoms with Crippen LogP contribution in [0.25, 0.3) is 11.3 Å². The Labute approximate surface area is 153 Å². The molecule has 25 heavy (non-hydrogen) atoms. The number of nitrogens with two attached hydrogens (primary N) is 1. The first kappa shape index (κ1) is 17.2. The second-order valence-corrected chi connectivity index (χ2v) is 6.82. The molecule has 3 aromatic rings. The highest BCUT2D eigenvalue weighted by Crippen LogP contribution is 2.21. The van der Waals surface area contributed by atoms with Gasteiger partial charge in [0.2, 0.25) is 0 Å². The fourth-order valence-corrected chi connectivity index (χ4v) is 3.23. The third-order valence-electron chi connectivity index (χ3n) is 3.53. The first-order valence-corrected chi connectivity index (χ1v) is 8.59. The lowest BCUT2D eigenvalue weighted by Crippen LogP contribution is -2.29. The second kappa shape index (κ2) is 7.52. The van der Waals surface area contributed by atoms with E-state index in [1.54, 1.807) is 30.3 Å². The number of hydrogen-bond donors (Lipinski definition) is 4. The Kier molecular flexibility index (Phi) is 5.18. The van der Waals surface area contributed by atoms with E-state index in [1.807, 2.05) is 18.2 Å². The van der Waals surface area contributed by atoms with E-state index in [1.165, 1.54) is 11.3 Å². The number of benzene rings is 1. The lowest BCUT2D eigenvalue weighted by atomic mass is 10.2. The number of carbonyl (C=O) groups excluding carboxylic acids is 2. The van der Waals surface area contributed by atoms with Gasteiger partial charge in [0, 0.05) is 15.6 Å². The van der Waals surface area contributed by atoms with Crippen molar-refractivity contribution in [2.75, 3.05) is 0 Å². The average molecular weight is 375 g/mol. The molecule has 0 aliphatic carbocycles. The van der Waals surface area contributed by atoms with Crippen LogP contribution in [0.4, 0.5) is 0 Å². The van der Waals surface area contributed by atoms with Crippen LogP contribution >= 0.6 is 22.9 Å². The number of amides is 2. The number of hydrogen-bond acceptors (Lipinski definition) is 4. The molecule has 0 bridgehead atoms. The number of nitrogens with one attached hydrogen (secondary N) is 3. The maximum absolute atomic E-state index is 12.3. The molecule has 2 heterocycles. The van der Waals surface area contributed by atoms with Gasteiger partial charge in [-0.3, -0.25) is 15.0 Å². The summed E-state index contributed by atoms with van der Waals surface area (Å²) in [4.78, 5) is 28.1. The van der Waals surface area contributed by atoms with Gasteiger partial charge in [-0.2, -0.15) is 0 Å². The summed E-state index contributed by atoms with van der Waals surface area (Å²) < 4.78 is 0. The number of carbonyl (C=O) groups is 2. The van der Waals surface area contributed by atoms with Crippen LogP contribution in [0.1, 0.15) is 25.0 Å². The van der Waals surface area contributed by atoms with Crippen LogP contribution in [0.3, 0.4) is 0 Å². The molecule has 3 rings (SSSR count). The minimum Gasteiger partial charge on any atom is -0.351 e. The molecule has 6 nitrogen and oxygen atoms in total. The standard InChI is InChI=1S/C17H15ClN4O2S/c18-11-3-1-10(2-4-11)13-6-7-14(21-13)16(23)20-9-12-5-8-15(25-12)17(24)22-19/h1-8,21H,9,19H2,(H,20,23)(H,22,24). The van der Waals surface area contributed by atoms with Crippen molar-refractivity contribution < 1.29 is 9.59 Å². The zero-order valence-electron chi connectivity index (χ0n) is 13.0. The smallest absolute Gasteiger partial charge is 0.275 e. The Balaban J connectivity index is 1.63. The van der Waals surface area contributed by atoms with Crippen molar-refractivity contribution in [3.8, 4) is 11.3 Å². The predicted octanol–water partition coefficient (Wildman–Crippen LogP) is 2.93. The fraction of sp³-hybridized carbons (Fsp3) is 0.0588. The van der Waals surface area contributed by atoms with Crippen LogP contribution < -0.4 is 16.6 Å². The Hall–Kier alpha value is -2.61. The number of H-pyrrole nitrogens is 1. The molecule has 128 valence electrons. The molecule has 0 atom stereocenters. The SMILES string of the molecule is NNC(=O)c1ccc(CNC(=O)c2ccc(-c3ccc(Cl)cc3)[nH]2)s1. The van der Waals surface area contributed by atoms with Gasteiger partial charge in [-0.15, -0.1) is 11.3 Å². The number of halogens is 1. The van der Waals surface area contributed by atoms with E-state index in [2.05, 4.69) is 15.7 Å². The van der Waals surface area contributed by atoms with E-state index in [0.29, 0.717) is 22.1 Å². The molecule has 2 amide bonds. The van der Waals surface area contributed by atoms with Crippen LogP contribution in [0.2, 0.25) is 5.02 Å². The molecule has 0 spiro atoms. The molecule has 0 radical (unpaired) electrons. The van der Waals surface area contributed by atoms with Crippen molar-refractivity contribution >= 4 is 34.8 Å². The lowest BCUT2D eigenvalue weighted by Gasteiger charge is -2.02. The van der Waals surface area contributed by atoms with Crippen LogP contribution in [0, 0.1) is 0 Å². The van der Waals surface area contributed by atoms with Crippen LogP contribution in [-0.2, 0) is 6.54 Å². The Morgan fingerprint density at radius 2 is 1.80 bits per heavy atom. The first-order valence-electron chi connectivity index (χ1n) is 7.39. The monoisotopic (exact) mass is 374 g/mol. The largest absolute Gasteiger partial charge is 0.351 e. The molecule has 8 heteroatoms. The van der Waals surface area contributed by atoms with Gasteiger partial charge in [-0.05, 0) is 42.0 Å². The van der Waals surface area contributed by atoms with Crippen molar-refractivity contribution in [2.24, 2.45) is 5.84 Å². The van der Waals surface area contributed by atoms with Gasteiger partial charge in [0.05, 0.1) is 11.4 Å². The summed E-state index contributed by atoms with van der Waals surface area (Å²) in [5.74, 6) is 4.52. The van der Waals surface area contributed by atoms with Gasteiger partial charge in [-0.1, -0.05) is 23.7 Å². The zero-order valence-corrected chi connectivity index (χ0v) is 14.6. The number of thiophene rings is 1. The topological polar surface area (TPSA) is 100 Å². The van der Waals surface area contributed by atoms with E-state index in [4.69, 9.17) is 17.4 Å². The molecule has 0 aliphatic heterocycles. The molecule has 5 N–H and O–H groups in total. The molecule has 0 fully saturated rings. The summed E-state index contributed by atoms with van der Waals surface area (Å²) in [5.41, 5.74) is 4.31. The molecule has 0 unspecified atom stereocenters. The van der Waals surface area contributed by atoms with Gasteiger partial charge < -0.3 is 10.3 Å². The molecule has 0 saturated heterocycles. The highest BCUT2D eigenvalue weighted by Gasteiger charge is 2.11. The number of aromatic amines is 1. The zero-order chi connectivity index (χ0) is 17.8. The molecule has 0 aliphatic rings. The Morgan fingerprint density at radius 3 is 2.52 bits per heavy atom. The summed E-state index contributed by atoms with van der Waals surface area (Å²) in [6.45, 7) is 0.330. The van der Waals surface area contributed by atoms with E-state index >= 15 is 0 Å². The highest BCUT2D eigenvalue weighted by molar-refractivity contribution is 7.14. The van der Waals surface area contributed by atoms with Gasteiger partial charge >= 0.3 is 0 Å². The summed E-state index contributed by atoms with van der Waals surface area (Å²) in [5, 5.41) is 3.47. The number of rotatable bonds is 5. The predicted molar refractivity (Wildman–Crippen MR) is 98.4 cm³/mol. The quantitative estimate of drug-likeness (QED) is 0.314. The second-order valence-electron chi connectivity index (χ2n) is 5.21. The van der Waals surface area contributed by atoms with Crippen molar-refractivity contribution in [3.63, 3.8) is 0 Å². The maximum atomic E-state index is 12.3. The van der Waals surface area contributed by atoms with Crippen molar-refractivity contribution in [1.82, 2.24) is 15.7 Å². The van der Waals surface area contributed by atoms with Crippen molar-refractivity contribution in [1.29, 1.82) is 0 Å². The van der Waals surface area contributed by atoms with Gasteiger partial charge in [-0.25, -0.2) is 5.84 Å². The summed E-state index contributed by atoms with van der Waals surface area (Å²) in [7, 11) is 0. The number of hydrazine groups is 1. The van der Waals surface area contributed by atoms with Crippen LogP contribution in [0.5, 0.6) is 0 Å². The molecule has 1 aromatic carbocycles. The molecule has 0 saturated carbocycles. The number of aromatic nitrogens is 1. The van der Waals surface area contributed by atoms with E-state index in [9.17, 15) is 9.59 Å². The normalized spacial score (nSPS) is 10.5. The van der Waals surface area contributed by atoms with Crippen molar-refractivity contribution in [3.05, 3.63) is 69.0 Å². The van der Waals surface area contributed by atoms with Gasteiger partial charge in [0.1, 0.15) is 5.69 Å². The van der Waals surface area contributed by atoms with Gasteiger partial charge in [0.25, 0.3) is 11.8 Å². The average Bonchev–Trinajstić information content (AvgIpc) is 3.29. The third kappa shape index (κ3) is 4.08. The third-order valence-corrected chi connectivity index (χ3v) is 4.86. The minimum absolute atomic E-state index is 0.224. The van der Waals surface area contributed by atoms with E-state index in [0.717, 1.165) is 16.1 Å². The lowest BCUT2D eigenvalue weighted by molar-refractivity contribution is 0.0943. The van der Waals surface area contributed by atoms with Crippen LogP contribution in [-0.4, -0.2) is 16.8 Å². The summed E-state index contributed by atoms with van der Waals surface area (Å²) >= 11 is 7.16. The van der Waals surface area contributed by atoms with Gasteiger partial charge in [0.15, 0.2) is 0 Å². The highest BCUT2D eigenvalue weighted by atomic mass is 35.5. The maximum Gasteiger partial charge on any atom is 0.275 e. The number of nitrogen functional groups attached to an aromatic ring is 1. The van der Waals surface area contributed by atoms with Crippen LogP contribution in [0.15, 0.2) is 48.5 Å². The molecular formula is C17H15ClN4O2S. The summed E-state index contributed by atoms with van der Waals surface area (Å²) in [6, 6.07) is 14.4. The van der Waals surface area contributed by atoms with Crippen molar-refractivity contribution in [2.45, 2.75) is 6.54 Å². The summed E-state index contributed by atoms with van der Waals surface area (Å²) in [6.07, 6.45) is 0.